The van der Waals surface area contributed by atoms with Crippen molar-refractivity contribution >= 4 is 17.5 Å². The highest BCUT2D eigenvalue weighted by Gasteiger charge is 2.28. The van der Waals surface area contributed by atoms with E-state index in [2.05, 4.69) is 10.5 Å². The number of nitrogens with zero attached hydrogens (tertiary/aromatic N) is 2. The maximum atomic E-state index is 12.2. The molecule has 1 atom stereocenters. The number of nitrogens with one attached hydrogen (secondary N) is 1. The van der Waals surface area contributed by atoms with E-state index in [-0.39, 0.29) is 18.2 Å². The van der Waals surface area contributed by atoms with Crippen molar-refractivity contribution in [3.05, 3.63) is 35.4 Å². The summed E-state index contributed by atoms with van der Waals surface area (Å²) in [5.74, 6) is -0.201. The molecule has 2 amide bonds. The molecule has 2 aliphatic heterocycles. The van der Waals surface area contributed by atoms with E-state index in [4.69, 9.17) is 9.57 Å². The van der Waals surface area contributed by atoms with Crippen LogP contribution in [0.15, 0.2) is 29.4 Å². The molecular formula is C18H23N3O4. The third kappa shape index (κ3) is 4.57. The first-order valence-electron chi connectivity index (χ1n) is 8.56. The fraction of sp³-hybridized carbons (Fsp3) is 0.500. The maximum absolute atomic E-state index is 12.2. The van der Waals surface area contributed by atoms with Crippen molar-refractivity contribution in [1.82, 2.24) is 10.2 Å². The Morgan fingerprint density at radius 3 is 2.68 bits per heavy atom. The second kappa shape index (κ2) is 8.11. The number of amides is 2. The molecule has 7 nitrogen and oxygen atoms in total. The number of hydrogen-bond acceptors (Lipinski definition) is 5. The van der Waals surface area contributed by atoms with Crippen LogP contribution in [0, 0.1) is 6.92 Å². The molecule has 1 fully saturated rings. The molecule has 2 aliphatic rings. The second-order valence-corrected chi connectivity index (χ2v) is 6.24. The number of aryl methyl sites for hydroxylation is 1. The van der Waals surface area contributed by atoms with Gasteiger partial charge in [0.25, 0.3) is 5.91 Å². The van der Waals surface area contributed by atoms with Crippen LogP contribution in [-0.4, -0.2) is 61.4 Å². The van der Waals surface area contributed by atoms with Crippen LogP contribution in [0.3, 0.4) is 0 Å². The Balaban J connectivity index is 1.41. The van der Waals surface area contributed by atoms with Crippen molar-refractivity contribution in [3.8, 4) is 0 Å². The van der Waals surface area contributed by atoms with E-state index in [0.717, 1.165) is 11.3 Å². The van der Waals surface area contributed by atoms with E-state index in [0.29, 0.717) is 39.3 Å². The molecule has 7 heteroatoms. The van der Waals surface area contributed by atoms with E-state index in [1.807, 2.05) is 31.2 Å². The molecule has 1 saturated heterocycles. The standard InChI is InChI=1S/C18H23N3O4/c1-13-2-4-14(5-3-13)15-12-16(25-20-15)18(23)19-7-6-17(22)21-8-10-24-11-9-21/h2-5,16H,6-12H2,1H3,(H,19,23). The molecule has 25 heavy (non-hydrogen) atoms. The zero-order chi connectivity index (χ0) is 17.6. The lowest BCUT2D eigenvalue weighted by atomic mass is 10.0. The lowest BCUT2D eigenvalue weighted by Crippen LogP contribution is -2.42. The molecule has 0 aromatic heterocycles. The van der Waals surface area contributed by atoms with Crippen LogP contribution in [0.4, 0.5) is 0 Å². The number of hydrogen-bond donors (Lipinski definition) is 1. The fourth-order valence-corrected chi connectivity index (χ4v) is 2.81. The SMILES string of the molecule is Cc1ccc(C2=NOC(C(=O)NCCC(=O)N3CCOCC3)C2)cc1. The molecular weight excluding hydrogens is 322 g/mol. The average Bonchev–Trinajstić information content (AvgIpc) is 3.13. The lowest BCUT2D eigenvalue weighted by Gasteiger charge is -2.26. The number of ether oxygens (including phenoxy) is 1. The van der Waals surface area contributed by atoms with Gasteiger partial charge in [-0.1, -0.05) is 35.0 Å². The van der Waals surface area contributed by atoms with Crippen LogP contribution < -0.4 is 5.32 Å². The molecule has 3 rings (SSSR count). The van der Waals surface area contributed by atoms with Crippen LogP contribution in [0.25, 0.3) is 0 Å². The van der Waals surface area contributed by atoms with E-state index in [9.17, 15) is 9.59 Å². The van der Waals surface area contributed by atoms with Gasteiger partial charge in [0.1, 0.15) is 0 Å². The first-order chi connectivity index (χ1) is 12.1. The summed E-state index contributed by atoms with van der Waals surface area (Å²) < 4.78 is 5.22. The summed E-state index contributed by atoms with van der Waals surface area (Å²) in [7, 11) is 0. The minimum atomic E-state index is -0.630. The molecule has 134 valence electrons. The highest BCUT2D eigenvalue weighted by atomic mass is 16.6. The van der Waals surface area contributed by atoms with Crippen molar-refractivity contribution in [2.45, 2.75) is 25.9 Å². The Bertz CT molecular complexity index is 651. The first kappa shape index (κ1) is 17.4. The first-order valence-corrected chi connectivity index (χ1v) is 8.56. The minimum Gasteiger partial charge on any atom is -0.382 e. The monoisotopic (exact) mass is 345 g/mol. The fourth-order valence-electron chi connectivity index (χ4n) is 2.81. The molecule has 1 aromatic rings. The summed E-state index contributed by atoms with van der Waals surface area (Å²) >= 11 is 0. The predicted molar refractivity (Wildman–Crippen MR) is 92.2 cm³/mol. The molecule has 1 unspecified atom stereocenters. The summed E-state index contributed by atoms with van der Waals surface area (Å²) in [4.78, 5) is 31.2. The van der Waals surface area contributed by atoms with Crippen LogP contribution >= 0.6 is 0 Å². The highest BCUT2D eigenvalue weighted by molar-refractivity contribution is 6.04. The van der Waals surface area contributed by atoms with Gasteiger partial charge in [-0.3, -0.25) is 9.59 Å². The van der Waals surface area contributed by atoms with E-state index < -0.39 is 6.10 Å². The quantitative estimate of drug-likeness (QED) is 0.858. The van der Waals surface area contributed by atoms with E-state index >= 15 is 0 Å². The molecule has 0 bridgehead atoms. The van der Waals surface area contributed by atoms with Crippen molar-refractivity contribution in [1.29, 1.82) is 0 Å². The molecule has 0 radical (unpaired) electrons. The van der Waals surface area contributed by atoms with Gasteiger partial charge < -0.3 is 19.8 Å². The Labute approximate surface area is 147 Å². The Kier molecular flexibility index (Phi) is 5.65. The van der Waals surface area contributed by atoms with Crippen LogP contribution in [-0.2, 0) is 19.2 Å². The van der Waals surface area contributed by atoms with Gasteiger partial charge >= 0.3 is 0 Å². The van der Waals surface area contributed by atoms with Crippen molar-refractivity contribution in [3.63, 3.8) is 0 Å². The molecule has 0 saturated carbocycles. The highest BCUT2D eigenvalue weighted by Crippen LogP contribution is 2.17. The van der Waals surface area contributed by atoms with Crippen molar-refractivity contribution in [2.75, 3.05) is 32.8 Å². The van der Waals surface area contributed by atoms with Crippen molar-refractivity contribution < 1.29 is 19.2 Å². The molecule has 1 N–H and O–H groups in total. The number of morpholine rings is 1. The van der Waals surface area contributed by atoms with Gasteiger partial charge in [0.05, 0.1) is 18.9 Å². The number of rotatable bonds is 5. The molecule has 2 heterocycles. The number of oxime groups is 1. The van der Waals surface area contributed by atoms with Gasteiger partial charge in [-0.05, 0) is 12.5 Å². The number of carbonyl (C=O) groups excluding carboxylic acids is 2. The summed E-state index contributed by atoms with van der Waals surface area (Å²) in [6.07, 6.45) is 0.0889. The largest absolute Gasteiger partial charge is 0.382 e. The Morgan fingerprint density at radius 2 is 1.96 bits per heavy atom. The van der Waals surface area contributed by atoms with Gasteiger partial charge in [0, 0.05) is 32.5 Å². The van der Waals surface area contributed by atoms with Gasteiger partial charge in [0.2, 0.25) is 12.0 Å². The minimum absolute atomic E-state index is 0.0348. The summed E-state index contributed by atoms with van der Waals surface area (Å²) in [5.41, 5.74) is 2.90. The van der Waals surface area contributed by atoms with Crippen LogP contribution in [0.2, 0.25) is 0 Å². The van der Waals surface area contributed by atoms with Crippen molar-refractivity contribution in [2.24, 2.45) is 5.16 Å². The van der Waals surface area contributed by atoms with Gasteiger partial charge in [-0.15, -0.1) is 0 Å². The summed E-state index contributed by atoms with van der Waals surface area (Å²) in [5, 5.41) is 6.78. The molecule has 1 aromatic carbocycles. The zero-order valence-corrected chi connectivity index (χ0v) is 14.4. The molecule has 0 aliphatic carbocycles. The molecule has 0 spiro atoms. The Morgan fingerprint density at radius 1 is 1.24 bits per heavy atom. The number of benzene rings is 1. The lowest BCUT2D eigenvalue weighted by molar-refractivity contribution is -0.135. The topological polar surface area (TPSA) is 80.2 Å². The maximum Gasteiger partial charge on any atom is 0.264 e. The van der Waals surface area contributed by atoms with Gasteiger partial charge in [-0.2, -0.15) is 0 Å². The Hall–Kier alpha value is -2.41. The van der Waals surface area contributed by atoms with E-state index in [1.165, 1.54) is 5.56 Å². The van der Waals surface area contributed by atoms with Crippen LogP contribution in [0.5, 0.6) is 0 Å². The average molecular weight is 345 g/mol. The smallest absolute Gasteiger partial charge is 0.264 e. The number of carbonyl (C=O) groups is 2. The van der Waals surface area contributed by atoms with Crippen LogP contribution in [0.1, 0.15) is 24.0 Å². The summed E-state index contributed by atoms with van der Waals surface area (Å²) in [6.45, 7) is 4.71. The second-order valence-electron chi connectivity index (χ2n) is 6.24. The van der Waals surface area contributed by atoms with E-state index in [1.54, 1.807) is 4.90 Å². The van der Waals surface area contributed by atoms with Gasteiger partial charge in [0.15, 0.2) is 0 Å². The third-order valence-corrected chi connectivity index (χ3v) is 4.35. The summed E-state index contributed by atoms with van der Waals surface area (Å²) in [6, 6.07) is 7.95. The predicted octanol–water partition coefficient (Wildman–Crippen LogP) is 0.853. The van der Waals surface area contributed by atoms with Gasteiger partial charge in [-0.25, -0.2) is 0 Å². The third-order valence-electron chi connectivity index (χ3n) is 4.35. The zero-order valence-electron chi connectivity index (χ0n) is 14.4. The normalized spacial score (nSPS) is 20.0.